The Labute approximate surface area is 228 Å². The average Bonchev–Trinajstić information content (AvgIpc) is 3.33. The number of tetrazole rings is 1. The maximum atomic E-state index is 13.7. The van der Waals surface area contributed by atoms with Gasteiger partial charge >= 0.3 is 18.5 Å². The number of alkyl halides is 9. The number of hydrogen-bond acceptors (Lipinski definition) is 6. The number of dihydropyridines is 1. The van der Waals surface area contributed by atoms with Crippen molar-refractivity contribution in [2.24, 2.45) is 23.9 Å². The van der Waals surface area contributed by atoms with E-state index in [1.165, 1.54) is 7.05 Å². The smallest absolute Gasteiger partial charge is 0.329 e. The molecule has 0 N–H and O–H groups in total. The molecule has 1 aromatic carbocycles. The molecule has 224 valence electrons. The van der Waals surface area contributed by atoms with Crippen molar-refractivity contribution in [1.82, 2.24) is 20.2 Å². The normalized spacial score (nSPS) is 19.1. The Morgan fingerprint density at radius 2 is 1.54 bits per heavy atom. The average molecular weight is 596 g/mol. The van der Waals surface area contributed by atoms with Gasteiger partial charge in [0.2, 0.25) is 0 Å². The van der Waals surface area contributed by atoms with E-state index in [1.54, 1.807) is 0 Å². The standard InChI is InChI=1S/C25H25F9N6O/c1-39-37-22(36-38-39)40(12-14-7-17(23(26,27)28)10-18(8-14)24(29,30)31)13-16-9-19(25(32,33)34)11-35-20(16)21(41)15-5-3-2-4-6-15/h7-10,15,19H,2-6,11-13H2,1H3. The van der Waals surface area contributed by atoms with E-state index in [1.807, 2.05) is 0 Å². The minimum absolute atomic E-state index is 0.0282. The van der Waals surface area contributed by atoms with Crippen LogP contribution in [0.25, 0.3) is 0 Å². The topological polar surface area (TPSA) is 76.3 Å². The maximum absolute atomic E-state index is 13.7. The molecule has 1 fully saturated rings. The number of Topliss-reactive ketones (excluding diaryl/α,β-unsaturated/α-hetero) is 1. The van der Waals surface area contributed by atoms with E-state index < -0.39 is 72.5 Å². The molecule has 0 amide bonds. The molecule has 2 heterocycles. The van der Waals surface area contributed by atoms with Crippen LogP contribution in [0.3, 0.4) is 0 Å². The number of anilines is 1. The first kappa shape index (κ1) is 30.5. The molecule has 1 aromatic heterocycles. The Morgan fingerprint density at radius 1 is 0.927 bits per heavy atom. The number of aromatic nitrogens is 4. The second kappa shape index (κ2) is 11.4. The molecule has 1 unspecified atom stereocenters. The number of rotatable bonds is 7. The first-order chi connectivity index (χ1) is 19.0. The van der Waals surface area contributed by atoms with Gasteiger partial charge in [-0.1, -0.05) is 30.4 Å². The van der Waals surface area contributed by atoms with E-state index in [0.29, 0.717) is 25.0 Å². The van der Waals surface area contributed by atoms with Crippen molar-refractivity contribution in [2.75, 3.05) is 18.0 Å². The summed E-state index contributed by atoms with van der Waals surface area (Å²) in [6.45, 7) is -1.93. The summed E-state index contributed by atoms with van der Waals surface area (Å²) in [5.74, 6) is -3.21. The van der Waals surface area contributed by atoms with Crippen molar-refractivity contribution in [1.29, 1.82) is 0 Å². The van der Waals surface area contributed by atoms with Crippen molar-refractivity contribution < 1.29 is 44.3 Å². The van der Waals surface area contributed by atoms with Gasteiger partial charge in [0.05, 0.1) is 30.6 Å². The number of benzene rings is 1. The number of carbonyl (C=O) groups excluding carboxylic acids is 1. The molecule has 0 bridgehead atoms. The van der Waals surface area contributed by atoms with Crippen molar-refractivity contribution >= 4 is 17.4 Å². The van der Waals surface area contributed by atoms with Gasteiger partial charge in [-0.05, 0) is 47.4 Å². The summed E-state index contributed by atoms with van der Waals surface area (Å²) >= 11 is 0. The van der Waals surface area contributed by atoms with E-state index in [-0.39, 0.29) is 23.3 Å². The molecule has 7 nitrogen and oxygen atoms in total. The van der Waals surface area contributed by atoms with Gasteiger partial charge in [-0.3, -0.25) is 9.79 Å². The van der Waals surface area contributed by atoms with Gasteiger partial charge in [-0.2, -0.15) is 44.3 Å². The molecule has 41 heavy (non-hydrogen) atoms. The lowest BCUT2D eigenvalue weighted by atomic mass is 9.82. The van der Waals surface area contributed by atoms with Crippen LogP contribution in [0.2, 0.25) is 0 Å². The van der Waals surface area contributed by atoms with Crippen molar-refractivity contribution in [3.05, 3.63) is 46.5 Å². The zero-order chi connectivity index (χ0) is 30.2. The number of aliphatic imine (C=N–C) groups is 1. The highest BCUT2D eigenvalue weighted by Gasteiger charge is 2.42. The lowest BCUT2D eigenvalue weighted by Crippen LogP contribution is -2.38. The van der Waals surface area contributed by atoms with Crippen LogP contribution in [0.15, 0.2) is 34.8 Å². The molecule has 4 rings (SSSR count). The molecule has 0 radical (unpaired) electrons. The Kier molecular flexibility index (Phi) is 8.50. The number of ketones is 1. The van der Waals surface area contributed by atoms with Crippen molar-refractivity contribution in [3.8, 4) is 0 Å². The summed E-state index contributed by atoms with van der Waals surface area (Å²) in [5, 5.41) is 11.3. The van der Waals surface area contributed by atoms with Gasteiger partial charge in [0.1, 0.15) is 5.71 Å². The van der Waals surface area contributed by atoms with E-state index in [0.717, 1.165) is 35.0 Å². The number of carbonyl (C=O) groups is 1. The highest BCUT2D eigenvalue weighted by molar-refractivity contribution is 6.47. The molecule has 1 aliphatic heterocycles. The third kappa shape index (κ3) is 7.44. The van der Waals surface area contributed by atoms with E-state index in [2.05, 4.69) is 20.4 Å². The molecule has 1 saturated carbocycles. The lowest BCUT2D eigenvalue weighted by molar-refractivity contribution is -0.158. The monoisotopic (exact) mass is 596 g/mol. The first-order valence-corrected chi connectivity index (χ1v) is 12.7. The van der Waals surface area contributed by atoms with E-state index in [9.17, 15) is 44.3 Å². The van der Waals surface area contributed by atoms with Gasteiger partial charge in [-0.15, -0.1) is 5.10 Å². The van der Waals surface area contributed by atoms with Gasteiger partial charge in [-0.25, -0.2) is 0 Å². The fourth-order valence-electron chi connectivity index (χ4n) is 4.92. The minimum Gasteiger partial charge on any atom is -0.329 e. The summed E-state index contributed by atoms with van der Waals surface area (Å²) in [7, 11) is 1.35. The number of hydrogen-bond donors (Lipinski definition) is 0. The highest BCUT2D eigenvalue weighted by Crippen LogP contribution is 2.37. The summed E-state index contributed by atoms with van der Waals surface area (Å²) in [6.07, 6.45) is -10.6. The van der Waals surface area contributed by atoms with Crippen LogP contribution < -0.4 is 4.90 Å². The first-order valence-electron chi connectivity index (χ1n) is 12.7. The fourth-order valence-corrected chi connectivity index (χ4v) is 4.92. The van der Waals surface area contributed by atoms with Crippen LogP contribution in [0.5, 0.6) is 0 Å². The third-order valence-corrected chi connectivity index (χ3v) is 6.95. The van der Waals surface area contributed by atoms with Gasteiger partial charge < -0.3 is 4.90 Å². The summed E-state index contributed by atoms with van der Waals surface area (Å²) in [5.41, 5.74) is -3.92. The zero-order valence-electron chi connectivity index (χ0n) is 21.6. The van der Waals surface area contributed by atoms with Crippen LogP contribution in [-0.2, 0) is 30.7 Å². The highest BCUT2D eigenvalue weighted by atomic mass is 19.4. The Hall–Kier alpha value is -3.46. The van der Waals surface area contributed by atoms with E-state index in [4.69, 9.17) is 0 Å². The second-order valence-corrected chi connectivity index (χ2v) is 10.1. The Balaban J connectivity index is 1.74. The molecule has 0 spiro atoms. The summed E-state index contributed by atoms with van der Waals surface area (Å²) in [6, 6.07) is 0.989. The summed E-state index contributed by atoms with van der Waals surface area (Å²) in [4.78, 5) is 19.4. The zero-order valence-corrected chi connectivity index (χ0v) is 21.6. The lowest BCUT2D eigenvalue weighted by Gasteiger charge is -2.29. The molecule has 16 heteroatoms. The Bertz CT molecular complexity index is 1290. The van der Waals surface area contributed by atoms with Crippen LogP contribution in [0.1, 0.15) is 48.8 Å². The Morgan fingerprint density at radius 3 is 2.05 bits per heavy atom. The maximum Gasteiger partial charge on any atom is 0.416 e. The number of halogens is 9. The third-order valence-electron chi connectivity index (χ3n) is 6.95. The van der Waals surface area contributed by atoms with Gasteiger partial charge in [0.15, 0.2) is 5.78 Å². The SMILES string of the molecule is Cn1nnc(N(CC2=CC(C(F)(F)F)CN=C2C(=O)C2CCCCC2)Cc2cc(C(F)(F)F)cc(C(F)(F)F)c2)n1. The molecular weight excluding hydrogens is 571 g/mol. The van der Waals surface area contributed by atoms with Crippen molar-refractivity contribution in [2.45, 2.75) is 57.2 Å². The molecule has 1 atom stereocenters. The van der Waals surface area contributed by atoms with Gasteiger partial charge in [0.25, 0.3) is 5.95 Å². The predicted molar refractivity (Wildman–Crippen MR) is 128 cm³/mol. The second-order valence-electron chi connectivity index (χ2n) is 10.1. The van der Waals surface area contributed by atoms with Gasteiger partial charge in [0, 0.05) is 19.0 Å². The van der Waals surface area contributed by atoms with E-state index >= 15 is 0 Å². The van der Waals surface area contributed by atoms with Crippen molar-refractivity contribution in [3.63, 3.8) is 0 Å². The van der Waals surface area contributed by atoms with Crippen LogP contribution >= 0.6 is 0 Å². The quantitative estimate of drug-likeness (QED) is 0.369. The summed E-state index contributed by atoms with van der Waals surface area (Å²) < 4.78 is 122. The molecule has 1 aliphatic carbocycles. The van der Waals surface area contributed by atoms with Crippen LogP contribution in [0.4, 0.5) is 45.5 Å². The van der Waals surface area contributed by atoms with Crippen LogP contribution in [0, 0.1) is 11.8 Å². The minimum atomic E-state index is -5.11. The largest absolute Gasteiger partial charge is 0.416 e. The fraction of sp³-hybridized carbons (Fsp3) is 0.560. The molecule has 2 aromatic rings. The number of nitrogens with zero attached hydrogens (tertiary/aromatic N) is 6. The molecular formula is C25H25F9N6O. The molecule has 2 aliphatic rings. The predicted octanol–water partition coefficient (Wildman–Crippen LogP) is 5.96. The van der Waals surface area contributed by atoms with Crippen LogP contribution in [-0.4, -0.2) is 51.0 Å². The molecule has 0 saturated heterocycles. The number of aryl methyl sites for hydroxylation is 1.